The van der Waals surface area contributed by atoms with Gasteiger partial charge in [0, 0.05) is 16.9 Å². The molecule has 9 heteroatoms. The molecule has 1 atom stereocenters. The van der Waals surface area contributed by atoms with E-state index in [-0.39, 0.29) is 23.9 Å². The number of aliphatic hydroxyl groups is 1. The molecule has 0 bridgehead atoms. The van der Waals surface area contributed by atoms with Gasteiger partial charge in [0.05, 0.1) is 11.1 Å². The fourth-order valence-electron chi connectivity index (χ4n) is 2.77. The minimum atomic E-state index is -0.830. The first kappa shape index (κ1) is 19.2. The monoisotopic (exact) mass is 433 g/mol. The largest absolute Gasteiger partial charge is 0.369 e. The maximum Gasteiger partial charge on any atom is 0.275 e. The van der Waals surface area contributed by atoms with Crippen molar-refractivity contribution < 1.29 is 9.90 Å². The molecule has 2 aromatic rings. The highest BCUT2D eigenvalue weighted by atomic mass is 79.9. The summed E-state index contributed by atoms with van der Waals surface area (Å²) >= 11 is 3.42. The highest BCUT2D eigenvalue weighted by Gasteiger charge is 2.17. The van der Waals surface area contributed by atoms with Crippen LogP contribution >= 0.6 is 15.9 Å². The van der Waals surface area contributed by atoms with E-state index in [1.165, 1.54) is 21.8 Å². The molecule has 0 fully saturated rings. The maximum atomic E-state index is 12.8. The van der Waals surface area contributed by atoms with Crippen LogP contribution in [0, 0.1) is 0 Å². The first-order valence-electron chi connectivity index (χ1n) is 8.44. The molecule has 3 rings (SSSR count). The van der Waals surface area contributed by atoms with E-state index in [2.05, 4.69) is 31.4 Å². The van der Waals surface area contributed by atoms with Gasteiger partial charge in [-0.15, -0.1) is 0 Å². The lowest BCUT2D eigenvalue weighted by molar-refractivity contribution is -0.120. The minimum absolute atomic E-state index is 0.0810. The number of amidine groups is 1. The number of halogens is 1. The van der Waals surface area contributed by atoms with Crippen molar-refractivity contribution in [2.75, 3.05) is 7.05 Å². The van der Waals surface area contributed by atoms with Crippen LogP contribution in [0.15, 0.2) is 44.7 Å². The number of likely N-dealkylation sites (N-methyl/N-ethyl adjacent to an activating group) is 1. The molecule has 2 N–H and O–H groups in total. The molecule has 0 saturated heterocycles. The number of hydrazone groups is 1. The molecule has 142 valence electrons. The number of amides is 1. The van der Waals surface area contributed by atoms with Crippen LogP contribution in [0.3, 0.4) is 0 Å². The predicted octanol–water partition coefficient (Wildman–Crippen LogP) is 1.53. The van der Waals surface area contributed by atoms with Crippen LogP contribution in [0.2, 0.25) is 0 Å². The Morgan fingerprint density at radius 1 is 1.37 bits per heavy atom. The topological polar surface area (TPSA) is 99.8 Å². The Morgan fingerprint density at radius 3 is 2.78 bits per heavy atom. The maximum absolute atomic E-state index is 12.8. The quantitative estimate of drug-likeness (QED) is 0.764. The molecule has 1 aromatic heterocycles. The fourth-order valence-corrected chi connectivity index (χ4v) is 3.13. The Hall–Kier alpha value is -2.52. The molecule has 0 saturated carbocycles. The third-order valence-corrected chi connectivity index (χ3v) is 4.63. The van der Waals surface area contributed by atoms with E-state index in [4.69, 9.17) is 0 Å². The number of hydrogen-bond acceptors (Lipinski definition) is 6. The van der Waals surface area contributed by atoms with Gasteiger partial charge in [-0.1, -0.05) is 29.8 Å². The third kappa shape index (κ3) is 4.09. The summed E-state index contributed by atoms with van der Waals surface area (Å²) in [6.45, 7) is 3.74. The van der Waals surface area contributed by atoms with E-state index in [9.17, 15) is 14.7 Å². The van der Waals surface area contributed by atoms with Gasteiger partial charge in [-0.05, 0) is 36.3 Å². The van der Waals surface area contributed by atoms with Crippen molar-refractivity contribution in [1.82, 2.24) is 20.1 Å². The number of nitrogens with one attached hydrogen (secondary N) is 1. The van der Waals surface area contributed by atoms with E-state index in [1.807, 2.05) is 19.9 Å². The molecule has 1 aliphatic heterocycles. The molecule has 0 radical (unpaired) electrons. The fraction of sp³-hybridized carbons (Fsp3) is 0.333. The van der Waals surface area contributed by atoms with Crippen molar-refractivity contribution in [3.05, 3.63) is 50.9 Å². The Morgan fingerprint density at radius 2 is 2.11 bits per heavy atom. The Labute approximate surface area is 164 Å². The lowest BCUT2D eigenvalue weighted by Gasteiger charge is -2.22. The third-order valence-electron chi connectivity index (χ3n) is 4.13. The second kappa shape index (κ2) is 7.61. The zero-order valence-corrected chi connectivity index (χ0v) is 16.8. The van der Waals surface area contributed by atoms with Crippen molar-refractivity contribution in [2.24, 2.45) is 5.10 Å². The zero-order chi connectivity index (χ0) is 19.7. The lowest BCUT2D eigenvalue weighted by atomic mass is 10.0. The van der Waals surface area contributed by atoms with Crippen molar-refractivity contribution in [3.8, 4) is 0 Å². The summed E-state index contributed by atoms with van der Waals surface area (Å²) in [4.78, 5) is 25.1. The van der Waals surface area contributed by atoms with E-state index >= 15 is 0 Å². The number of carbonyl (C=O) groups is 1. The number of rotatable bonds is 3. The first-order valence-corrected chi connectivity index (χ1v) is 9.23. The summed E-state index contributed by atoms with van der Waals surface area (Å²) in [5.41, 5.74) is 0.419. The molecule has 8 nitrogen and oxygen atoms in total. The summed E-state index contributed by atoms with van der Waals surface area (Å²) in [5.74, 6) is -0.0592. The van der Waals surface area contributed by atoms with Gasteiger partial charge < -0.3 is 10.4 Å². The number of carbonyl (C=O) groups excluding carboxylic acids is 1. The van der Waals surface area contributed by atoms with Crippen LogP contribution in [0.25, 0.3) is 10.8 Å². The van der Waals surface area contributed by atoms with Crippen molar-refractivity contribution in [3.63, 3.8) is 0 Å². The average Bonchev–Trinajstić information content (AvgIpc) is 2.60. The molecule has 1 amide bonds. The molecular weight excluding hydrogens is 414 g/mol. The van der Waals surface area contributed by atoms with Crippen LogP contribution in [0.5, 0.6) is 0 Å². The number of nitrogens with zero attached hydrogens (tertiary/aromatic N) is 4. The SMILES string of the molecule is CC(C)c1nn(CC(=O)NC2=NN(C)C(O)C=C2)c(=O)c2ccc(Br)cc12. The van der Waals surface area contributed by atoms with Crippen molar-refractivity contribution in [2.45, 2.75) is 32.5 Å². The second-order valence-corrected chi connectivity index (χ2v) is 7.49. The number of benzene rings is 1. The van der Waals surface area contributed by atoms with Gasteiger partial charge in [-0.25, -0.2) is 4.68 Å². The van der Waals surface area contributed by atoms with Gasteiger partial charge in [0.25, 0.3) is 5.56 Å². The molecule has 0 aliphatic carbocycles. The van der Waals surface area contributed by atoms with E-state index in [0.29, 0.717) is 5.39 Å². The van der Waals surface area contributed by atoms with E-state index in [1.54, 1.807) is 19.2 Å². The minimum Gasteiger partial charge on any atom is -0.369 e. The number of hydrogen-bond donors (Lipinski definition) is 2. The van der Waals surface area contributed by atoms with Gasteiger partial charge >= 0.3 is 0 Å². The van der Waals surface area contributed by atoms with Gasteiger partial charge in [-0.2, -0.15) is 10.2 Å². The molecule has 1 aliphatic rings. The summed E-state index contributed by atoms with van der Waals surface area (Å²) in [5, 5.41) is 23.2. The van der Waals surface area contributed by atoms with Crippen LogP contribution < -0.4 is 10.9 Å². The number of aromatic nitrogens is 2. The van der Waals surface area contributed by atoms with E-state index < -0.39 is 12.1 Å². The van der Waals surface area contributed by atoms with Gasteiger partial charge in [0.1, 0.15) is 6.54 Å². The predicted molar refractivity (Wildman–Crippen MR) is 106 cm³/mol. The van der Waals surface area contributed by atoms with Crippen LogP contribution in [-0.4, -0.2) is 44.9 Å². The Balaban J connectivity index is 1.91. The molecule has 27 heavy (non-hydrogen) atoms. The first-order chi connectivity index (χ1) is 12.8. The summed E-state index contributed by atoms with van der Waals surface area (Å²) in [6, 6.07) is 5.39. The van der Waals surface area contributed by atoms with Gasteiger partial charge in [-0.3, -0.25) is 14.6 Å². The number of fused-ring (bicyclic) bond motifs is 1. The summed E-state index contributed by atoms with van der Waals surface area (Å²) in [6.07, 6.45) is 2.18. The van der Waals surface area contributed by atoms with E-state index in [0.717, 1.165) is 15.6 Å². The summed E-state index contributed by atoms with van der Waals surface area (Å²) < 4.78 is 2.04. The Kier molecular flexibility index (Phi) is 5.43. The molecule has 0 spiro atoms. The van der Waals surface area contributed by atoms with Gasteiger partial charge in [0.15, 0.2) is 12.1 Å². The standard InChI is InChI=1S/C18H20BrN5O3/c1-10(2)17-13-8-11(19)4-5-12(13)18(27)24(22-17)9-15(25)20-14-6-7-16(26)23(3)21-14/h4-8,10,16,26H,9H2,1-3H3,(H,20,21,25). The number of aliphatic hydroxyl groups excluding tert-OH is 1. The molecule has 2 heterocycles. The second-order valence-electron chi connectivity index (χ2n) is 6.57. The van der Waals surface area contributed by atoms with Gasteiger partial charge in [0.2, 0.25) is 5.91 Å². The van der Waals surface area contributed by atoms with Crippen molar-refractivity contribution in [1.29, 1.82) is 0 Å². The normalized spacial score (nSPS) is 16.7. The van der Waals surface area contributed by atoms with Crippen LogP contribution in [-0.2, 0) is 11.3 Å². The molecule has 1 unspecified atom stereocenters. The lowest BCUT2D eigenvalue weighted by Crippen LogP contribution is -2.40. The zero-order valence-electron chi connectivity index (χ0n) is 15.2. The van der Waals surface area contributed by atoms with Crippen LogP contribution in [0.1, 0.15) is 25.5 Å². The van der Waals surface area contributed by atoms with Crippen molar-refractivity contribution >= 4 is 38.4 Å². The highest BCUT2D eigenvalue weighted by Crippen LogP contribution is 2.24. The average molecular weight is 434 g/mol. The smallest absolute Gasteiger partial charge is 0.275 e. The molecular formula is C18H20BrN5O3. The molecule has 1 aromatic carbocycles. The summed E-state index contributed by atoms with van der Waals surface area (Å²) in [7, 11) is 1.59. The highest BCUT2D eigenvalue weighted by molar-refractivity contribution is 9.10. The van der Waals surface area contributed by atoms with Crippen LogP contribution in [0.4, 0.5) is 0 Å². The Bertz CT molecular complexity index is 1010.